The maximum absolute atomic E-state index is 11.0. The molecule has 0 aromatic carbocycles. The molecule has 0 bridgehead atoms. The van der Waals surface area contributed by atoms with Gasteiger partial charge >= 0.3 is 5.82 Å². The van der Waals surface area contributed by atoms with Crippen molar-refractivity contribution in [1.82, 2.24) is 9.88 Å². The second kappa shape index (κ2) is 6.17. The fourth-order valence-corrected chi connectivity index (χ4v) is 2.45. The Balaban J connectivity index is 1.91. The molecule has 0 spiro atoms. The van der Waals surface area contributed by atoms with Crippen molar-refractivity contribution >= 4 is 17.8 Å². The van der Waals surface area contributed by atoms with Crippen LogP contribution < -0.4 is 4.90 Å². The van der Waals surface area contributed by atoms with Crippen LogP contribution in [-0.2, 0) is 4.79 Å². The number of pyridine rings is 1. The summed E-state index contributed by atoms with van der Waals surface area (Å²) in [5.41, 5.74) is 0.576. The first-order valence-corrected chi connectivity index (χ1v) is 6.95. The van der Waals surface area contributed by atoms with Crippen LogP contribution in [0.5, 0.6) is 0 Å². The molecule has 1 aliphatic heterocycles. The maximum atomic E-state index is 11.0. The Labute approximate surface area is 123 Å². The van der Waals surface area contributed by atoms with Crippen molar-refractivity contribution in [1.29, 1.82) is 0 Å². The fraction of sp³-hybridized carbons (Fsp3) is 0.571. The van der Waals surface area contributed by atoms with E-state index in [1.54, 1.807) is 12.3 Å². The quantitative estimate of drug-likeness (QED) is 0.463. The number of hydrogen-bond donors (Lipinski definition) is 0. The first-order valence-electron chi connectivity index (χ1n) is 6.95. The van der Waals surface area contributed by atoms with Crippen LogP contribution in [0.25, 0.3) is 0 Å². The van der Waals surface area contributed by atoms with E-state index in [0.29, 0.717) is 0 Å². The van der Waals surface area contributed by atoms with Gasteiger partial charge in [0.1, 0.15) is 6.29 Å². The Bertz CT molecular complexity index is 507. The fourth-order valence-electron chi connectivity index (χ4n) is 2.45. The zero-order chi connectivity index (χ0) is 15.5. The van der Waals surface area contributed by atoms with E-state index in [1.165, 1.54) is 6.07 Å². The van der Waals surface area contributed by atoms with E-state index in [-0.39, 0.29) is 11.2 Å². The second-order valence-electron chi connectivity index (χ2n) is 6.00. The highest BCUT2D eigenvalue weighted by atomic mass is 16.6. The summed E-state index contributed by atoms with van der Waals surface area (Å²) in [6.07, 6.45) is 2.54. The van der Waals surface area contributed by atoms with Gasteiger partial charge in [-0.1, -0.05) is 13.8 Å². The summed E-state index contributed by atoms with van der Waals surface area (Å²) in [5, 5.41) is 10.6. The monoisotopic (exact) mass is 292 g/mol. The largest absolute Gasteiger partial charge is 0.366 e. The van der Waals surface area contributed by atoms with Gasteiger partial charge in [-0.05, 0) is 16.0 Å². The Morgan fingerprint density at radius 2 is 2.00 bits per heavy atom. The molecule has 0 aliphatic carbocycles. The van der Waals surface area contributed by atoms with Crippen LogP contribution in [0.1, 0.15) is 13.8 Å². The molecule has 1 aliphatic rings. The minimum atomic E-state index is -0.497. The summed E-state index contributed by atoms with van der Waals surface area (Å²) >= 11 is 0. The van der Waals surface area contributed by atoms with Crippen LogP contribution in [-0.4, -0.2) is 53.8 Å². The predicted molar refractivity (Wildman–Crippen MR) is 79.4 cm³/mol. The lowest BCUT2D eigenvalue weighted by molar-refractivity contribution is -0.389. The number of hydrogen-bond acceptors (Lipinski definition) is 6. The number of nitro groups is 1. The number of carbonyl (C=O) groups is 1. The van der Waals surface area contributed by atoms with Crippen molar-refractivity contribution in [3.05, 3.63) is 28.4 Å². The summed E-state index contributed by atoms with van der Waals surface area (Å²) < 4.78 is 0. The summed E-state index contributed by atoms with van der Waals surface area (Å²) in [6, 6.07) is 3.16. The molecule has 0 radical (unpaired) electrons. The van der Waals surface area contributed by atoms with Crippen LogP contribution in [0.3, 0.4) is 0 Å². The summed E-state index contributed by atoms with van der Waals surface area (Å²) in [7, 11) is 0. The van der Waals surface area contributed by atoms with Gasteiger partial charge in [0, 0.05) is 44.2 Å². The van der Waals surface area contributed by atoms with Crippen LogP contribution in [0.4, 0.5) is 11.5 Å². The zero-order valence-corrected chi connectivity index (χ0v) is 12.4. The lowest BCUT2D eigenvalue weighted by Gasteiger charge is -2.37. The third kappa shape index (κ3) is 3.98. The van der Waals surface area contributed by atoms with Crippen LogP contribution in [0, 0.1) is 15.5 Å². The maximum Gasteiger partial charge on any atom is 0.363 e. The molecule has 114 valence electrons. The summed E-state index contributed by atoms with van der Waals surface area (Å²) in [4.78, 5) is 29.3. The zero-order valence-electron chi connectivity index (χ0n) is 12.4. The highest BCUT2D eigenvalue weighted by Crippen LogP contribution is 2.20. The molecule has 7 nitrogen and oxygen atoms in total. The van der Waals surface area contributed by atoms with E-state index in [4.69, 9.17) is 0 Å². The molecule has 0 saturated carbocycles. The normalized spacial score (nSPS) is 16.8. The van der Waals surface area contributed by atoms with Gasteiger partial charge in [-0.2, -0.15) is 0 Å². The van der Waals surface area contributed by atoms with Crippen LogP contribution >= 0.6 is 0 Å². The SMILES string of the molecule is CC(C)(C=O)CN1CCN(c2ccc([N+](=O)[O-])nc2)CC1. The van der Waals surface area contributed by atoms with Gasteiger partial charge in [0.05, 0.1) is 5.69 Å². The lowest BCUT2D eigenvalue weighted by atomic mass is 9.95. The molecule has 1 aromatic heterocycles. The molecule has 0 atom stereocenters. The van der Waals surface area contributed by atoms with E-state index >= 15 is 0 Å². The average Bonchev–Trinajstić information content (AvgIpc) is 2.48. The molecular formula is C14H20N4O3. The third-order valence-corrected chi connectivity index (χ3v) is 3.61. The molecule has 1 fully saturated rings. The first kappa shape index (κ1) is 15.4. The minimum Gasteiger partial charge on any atom is -0.366 e. The topological polar surface area (TPSA) is 79.6 Å². The first-order chi connectivity index (χ1) is 9.91. The summed E-state index contributed by atoms with van der Waals surface area (Å²) in [6.45, 7) is 8.02. The van der Waals surface area contributed by atoms with Crippen molar-refractivity contribution in [3.8, 4) is 0 Å². The number of aromatic nitrogens is 1. The number of anilines is 1. The van der Waals surface area contributed by atoms with Crippen molar-refractivity contribution in [2.75, 3.05) is 37.6 Å². The lowest BCUT2D eigenvalue weighted by Crippen LogP contribution is -2.49. The van der Waals surface area contributed by atoms with Gasteiger partial charge in [0.25, 0.3) is 0 Å². The third-order valence-electron chi connectivity index (χ3n) is 3.61. The van der Waals surface area contributed by atoms with E-state index in [0.717, 1.165) is 44.7 Å². The molecule has 0 amide bonds. The molecule has 2 heterocycles. The number of aldehydes is 1. The Kier molecular flexibility index (Phi) is 4.52. The highest BCUT2D eigenvalue weighted by molar-refractivity contribution is 5.58. The second-order valence-corrected chi connectivity index (χ2v) is 6.00. The molecule has 0 N–H and O–H groups in total. The predicted octanol–water partition coefficient (Wildman–Crippen LogP) is 1.34. The molecule has 2 rings (SSSR count). The minimum absolute atomic E-state index is 0.134. The van der Waals surface area contributed by atoms with Gasteiger partial charge in [-0.3, -0.25) is 4.90 Å². The summed E-state index contributed by atoms with van der Waals surface area (Å²) in [5.74, 6) is -0.134. The van der Waals surface area contributed by atoms with Gasteiger partial charge in [-0.25, -0.2) is 0 Å². The van der Waals surface area contributed by atoms with E-state index in [9.17, 15) is 14.9 Å². The van der Waals surface area contributed by atoms with Gasteiger partial charge < -0.3 is 19.8 Å². The van der Waals surface area contributed by atoms with E-state index < -0.39 is 4.92 Å². The Morgan fingerprint density at radius 1 is 1.33 bits per heavy atom. The molecule has 1 saturated heterocycles. The Hall–Kier alpha value is -2.02. The molecule has 0 unspecified atom stereocenters. The van der Waals surface area contributed by atoms with E-state index in [2.05, 4.69) is 14.8 Å². The number of piperazine rings is 1. The standard InChI is InChI=1S/C14H20N4O3/c1-14(2,11-19)10-16-5-7-17(8-6-16)12-3-4-13(15-9-12)18(20)21/h3-4,9,11H,5-8,10H2,1-2H3. The van der Waals surface area contributed by atoms with Gasteiger partial charge in [0.15, 0.2) is 6.20 Å². The van der Waals surface area contributed by atoms with Crippen molar-refractivity contribution in [2.45, 2.75) is 13.8 Å². The van der Waals surface area contributed by atoms with Gasteiger partial charge in [-0.15, -0.1) is 0 Å². The average molecular weight is 292 g/mol. The Morgan fingerprint density at radius 3 is 2.48 bits per heavy atom. The van der Waals surface area contributed by atoms with Crippen molar-refractivity contribution in [2.24, 2.45) is 5.41 Å². The molecule has 1 aromatic rings. The molecule has 21 heavy (non-hydrogen) atoms. The van der Waals surface area contributed by atoms with Gasteiger partial charge in [0.2, 0.25) is 0 Å². The number of carbonyl (C=O) groups excluding carboxylic acids is 1. The molecule has 7 heteroatoms. The van der Waals surface area contributed by atoms with Crippen molar-refractivity contribution in [3.63, 3.8) is 0 Å². The molecular weight excluding hydrogens is 272 g/mol. The van der Waals surface area contributed by atoms with E-state index in [1.807, 2.05) is 13.8 Å². The van der Waals surface area contributed by atoms with Crippen LogP contribution in [0.2, 0.25) is 0 Å². The van der Waals surface area contributed by atoms with Crippen LogP contribution in [0.15, 0.2) is 18.3 Å². The number of nitrogens with zero attached hydrogens (tertiary/aromatic N) is 4. The highest BCUT2D eigenvalue weighted by Gasteiger charge is 2.25. The smallest absolute Gasteiger partial charge is 0.363 e. The van der Waals surface area contributed by atoms with Crippen molar-refractivity contribution < 1.29 is 9.72 Å². The number of rotatable bonds is 5.